The van der Waals surface area contributed by atoms with E-state index in [0.29, 0.717) is 34.1 Å². The van der Waals surface area contributed by atoms with Gasteiger partial charge in [-0.3, -0.25) is 19.4 Å². The molecule has 0 bridgehead atoms. The molecule has 40 heavy (non-hydrogen) atoms. The highest BCUT2D eigenvalue weighted by Gasteiger charge is 2.20. The number of nitrogens with one attached hydrogen (secondary N) is 3. The van der Waals surface area contributed by atoms with Gasteiger partial charge in [0.25, 0.3) is 11.8 Å². The van der Waals surface area contributed by atoms with Gasteiger partial charge in [-0.25, -0.2) is 4.98 Å². The lowest BCUT2D eigenvalue weighted by atomic mass is 10.2. The molecule has 0 fully saturated rings. The maximum Gasteiger partial charge on any atom is 0.272 e. The van der Waals surface area contributed by atoms with Crippen LogP contribution in [0.4, 0.5) is 11.5 Å². The number of rotatable bonds is 10. The van der Waals surface area contributed by atoms with E-state index in [-0.39, 0.29) is 11.6 Å². The first-order valence-electron chi connectivity index (χ1n) is 12.4. The van der Waals surface area contributed by atoms with Crippen LogP contribution in [0.15, 0.2) is 108 Å². The lowest BCUT2D eigenvalue weighted by molar-refractivity contribution is -0.116. The number of pyridine rings is 2. The van der Waals surface area contributed by atoms with Crippen molar-refractivity contribution in [2.45, 2.75) is 23.5 Å². The molecule has 10 heteroatoms. The van der Waals surface area contributed by atoms with Crippen molar-refractivity contribution in [2.75, 3.05) is 10.6 Å². The van der Waals surface area contributed by atoms with Crippen molar-refractivity contribution in [1.82, 2.24) is 15.3 Å². The summed E-state index contributed by atoms with van der Waals surface area (Å²) in [6.07, 6.45) is 6.82. The summed E-state index contributed by atoms with van der Waals surface area (Å²) < 4.78 is 0. The zero-order valence-electron chi connectivity index (χ0n) is 21.5. The number of anilines is 2. The van der Waals surface area contributed by atoms with E-state index >= 15 is 0 Å². The number of amides is 3. The van der Waals surface area contributed by atoms with Crippen molar-refractivity contribution < 1.29 is 14.4 Å². The minimum atomic E-state index is -0.506. The molecule has 1 atom stereocenters. The highest BCUT2D eigenvalue weighted by atomic mass is 35.5. The van der Waals surface area contributed by atoms with Crippen LogP contribution in [-0.2, 0) is 9.59 Å². The second-order valence-corrected chi connectivity index (χ2v) is 10.2. The first-order valence-corrected chi connectivity index (χ1v) is 13.7. The van der Waals surface area contributed by atoms with Gasteiger partial charge in [0.2, 0.25) is 5.91 Å². The molecule has 3 amide bonds. The Morgan fingerprint density at radius 3 is 2.48 bits per heavy atom. The van der Waals surface area contributed by atoms with E-state index in [1.165, 1.54) is 18.0 Å². The van der Waals surface area contributed by atoms with Crippen molar-refractivity contribution in [1.29, 1.82) is 0 Å². The number of thioether (sulfide) groups is 1. The van der Waals surface area contributed by atoms with Crippen LogP contribution in [0.1, 0.15) is 29.3 Å². The van der Waals surface area contributed by atoms with Crippen molar-refractivity contribution >= 4 is 58.7 Å². The molecule has 1 unspecified atom stereocenters. The average molecular weight is 572 g/mol. The van der Waals surface area contributed by atoms with E-state index in [0.717, 1.165) is 4.90 Å². The van der Waals surface area contributed by atoms with E-state index < -0.39 is 17.1 Å². The Kier molecular flexibility index (Phi) is 10.0. The van der Waals surface area contributed by atoms with Crippen LogP contribution in [-0.4, -0.2) is 32.9 Å². The van der Waals surface area contributed by atoms with Crippen molar-refractivity contribution in [3.63, 3.8) is 0 Å². The molecule has 2 aromatic heterocycles. The molecule has 4 aromatic rings. The second-order valence-electron chi connectivity index (χ2n) is 8.51. The van der Waals surface area contributed by atoms with E-state index in [2.05, 4.69) is 25.9 Å². The van der Waals surface area contributed by atoms with Gasteiger partial charge in [-0.05, 0) is 66.6 Å². The molecule has 2 aromatic carbocycles. The SMILES string of the molecule is CCC(Sc1cccc(NC(=O)/C(=C/c2cccnc2)NC(=O)c2ccccc2)c1)C(=O)Nc1ccc(Cl)cn1. The predicted octanol–water partition coefficient (Wildman–Crippen LogP) is 6.05. The van der Waals surface area contributed by atoms with Gasteiger partial charge in [0.1, 0.15) is 11.5 Å². The summed E-state index contributed by atoms with van der Waals surface area (Å²) in [6.45, 7) is 1.92. The van der Waals surface area contributed by atoms with E-state index in [1.807, 2.05) is 19.1 Å². The summed E-state index contributed by atoms with van der Waals surface area (Å²) in [5, 5.41) is 8.45. The molecule has 0 aliphatic rings. The summed E-state index contributed by atoms with van der Waals surface area (Å²) >= 11 is 7.24. The molecule has 4 rings (SSSR count). The fraction of sp³-hybridized carbons (Fsp3) is 0.100. The number of halogens is 1. The first kappa shape index (κ1) is 28.5. The quantitative estimate of drug-likeness (QED) is 0.158. The summed E-state index contributed by atoms with van der Waals surface area (Å²) in [5.74, 6) is -0.696. The molecular formula is C30H26ClN5O3S. The maximum absolute atomic E-state index is 13.3. The molecule has 202 valence electrons. The number of nitrogens with zero attached hydrogens (tertiary/aromatic N) is 2. The molecule has 8 nitrogen and oxygen atoms in total. The van der Waals surface area contributed by atoms with Gasteiger partial charge >= 0.3 is 0 Å². The maximum atomic E-state index is 13.3. The van der Waals surface area contributed by atoms with Crippen molar-refractivity contribution in [2.24, 2.45) is 0 Å². The van der Waals surface area contributed by atoms with Crippen LogP contribution in [0.3, 0.4) is 0 Å². The number of hydrogen-bond acceptors (Lipinski definition) is 6. The summed E-state index contributed by atoms with van der Waals surface area (Å²) in [5.41, 5.74) is 1.64. The Labute approximate surface area is 241 Å². The Bertz CT molecular complexity index is 1500. The number of carbonyl (C=O) groups is 3. The fourth-order valence-corrected chi connectivity index (χ4v) is 4.68. The largest absolute Gasteiger partial charge is 0.321 e. The average Bonchev–Trinajstić information content (AvgIpc) is 2.98. The Balaban J connectivity index is 1.48. The smallest absolute Gasteiger partial charge is 0.272 e. The van der Waals surface area contributed by atoms with E-state index in [4.69, 9.17) is 11.6 Å². The highest BCUT2D eigenvalue weighted by molar-refractivity contribution is 8.00. The number of carbonyl (C=O) groups excluding carboxylic acids is 3. The van der Waals surface area contributed by atoms with Crippen molar-refractivity contribution in [3.8, 4) is 0 Å². The van der Waals surface area contributed by atoms with Gasteiger partial charge < -0.3 is 16.0 Å². The molecule has 0 saturated carbocycles. The Morgan fingerprint density at radius 1 is 0.950 bits per heavy atom. The highest BCUT2D eigenvalue weighted by Crippen LogP contribution is 2.28. The molecule has 3 N–H and O–H groups in total. The van der Waals surface area contributed by atoms with Crippen LogP contribution >= 0.6 is 23.4 Å². The van der Waals surface area contributed by atoms with Gasteiger partial charge in [-0.2, -0.15) is 0 Å². The number of benzene rings is 2. The third-order valence-corrected chi connectivity index (χ3v) is 7.12. The number of aromatic nitrogens is 2. The summed E-state index contributed by atoms with van der Waals surface area (Å²) in [4.78, 5) is 48.0. The molecule has 0 aliphatic heterocycles. The Hall–Kier alpha value is -4.47. The first-order chi connectivity index (χ1) is 19.4. The Morgan fingerprint density at radius 2 is 1.77 bits per heavy atom. The monoisotopic (exact) mass is 571 g/mol. The lowest BCUT2D eigenvalue weighted by Crippen LogP contribution is -2.30. The van der Waals surface area contributed by atoms with Crippen LogP contribution in [0, 0.1) is 0 Å². The van der Waals surface area contributed by atoms with Crippen LogP contribution in [0.25, 0.3) is 6.08 Å². The normalized spacial score (nSPS) is 11.8. The zero-order valence-corrected chi connectivity index (χ0v) is 23.1. The summed E-state index contributed by atoms with van der Waals surface area (Å²) in [7, 11) is 0. The molecule has 0 radical (unpaired) electrons. The van der Waals surface area contributed by atoms with Gasteiger partial charge in [-0.15, -0.1) is 11.8 Å². The van der Waals surface area contributed by atoms with E-state index in [9.17, 15) is 14.4 Å². The topological polar surface area (TPSA) is 113 Å². The standard InChI is InChI=1S/C30H26ClN5O3S/c1-2-26(30(39)36-27-14-13-22(31)19-33-27)40-24-12-6-11-23(17-24)34-29(38)25(16-20-8-7-15-32-18-20)35-28(37)21-9-4-3-5-10-21/h3-19,26H,2H2,1H3,(H,34,38)(H,35,37)(H,33,36,39)/b25-16-. The second kappa shape index (κ2) is 14.1. The molecule has 0 spiro atoms. The van der Waals surface area contributed by atoms with Crippen LogP contribution in [0.2, 0.25) is 5.02 Å². The molecule has 0 aliphatic carbocycles. The minimum absolute atomic E-state index is 0.0567. The van der Waals surface area contributed by atoms with Crippen LogP contribution < -0.4 is 16.0 Å². The predicted molar refractivity (Wildman–Crippen MR) is 159 cm³/mol. The van der Waals surface area contributed by atoms with Gasteiger partial charge in [0.15, 0.2) is 0 Å². The van der Waals surface area contributed by atoms with Crippen LogP contribution in [0.5, 0.6) is 0 Å². The fourth-order valence-electron chi connectivity index (χ4n) is 3.56. The van der Waals surface area contributed by atoms with E-state index in [1.54, 1.807) is 85.2 Å². The minimum Gasteiger partial charge on any atom is -0.321 e. The third kappa shape index (κ3) is 8.26. The number of hydrogen-bond donors (Lipinski definition) is 3. The molecular weight excluding hydrogens is 546 g/mol. The molecule has 2 heterocycles. The van der Waals surface area contributed by atoms with Crippen molar-refractivity contribution in [3.05, 3.63) is 119 Å². The summed E-state index contributed by atoms with van der Waals surface area (Å²) in [6, 6.07) is 22.6. The van der Waals surface area contributed by atoms with Gasteiger partial charge in [0.05, 0.1) is 10.3 Å². The van der Waals surface area contributed by atoms with Gasteiger partial charge in [-0.1, -0.05) is 48.9 Å². The lowest BCUT2D eigenvalue weighted by Gasteiger charge is -2.15. The third-order valence-electron chi connectivity index (χ3n) is 5.54. The zero-order chi connectivity index (χ0) is 28.3. The van der Waals surface area contributed by atoms with Gasteiger partial charge in [0, 0.05) is 34.7 Å². The molecule has 0 saturated heterocycles.